The number of rotatable bonds is 13. The smallest absolute Gasteiger partial charge is 0.243 e. The Balaban J connectivity index is 1.92. The van der Waals surface area contributed by atoms with E-state index in [-0.39, 0.29) is 55.9 Å². The molecule has 0 aliphatic carbocycles. The molecule has 3 aromatic carbocycles. The minimum absolute atomic E-state index is 0.0287. The number of hydrogen-bond acceptors (Lipinski definition) is 4. The summed E-state index contributed by atoms with van der Waals surface area (Å²) in [7, 11) is -3.83. The van der Waals surface area contributed by atoms with E-state index < -0.39 is 21.9 Å². The van der Waals surface area contributed by atoms with Gasteiger partial charge >= 0.3 is 0 Å². The van der Waals surface area contributed by atoms with E-state index in [9.17, 15) is 22.4 Å². The van der Waals surface area contributed by atoms with Gasteiger partial charge in [-0.05, 0) is 55.7 Å². The van der Waals surface area contributed by atoms with Crippen molar-refractivity contribution in [3.8, 4) is 0 Å². The van der Waals surface area contributed by atoms with E-state index in [4.69, 9.17) is 23.2 Å². The van der Waals surface area contributed by atoms with Crippen molar-refractivity contribution in [1.82, 2.24) is 10.2 Å². The van der Waals surface area contributed by atoms with Crippen LogP contribution in [0.3, 0.4) is 0 Å². The lowest BCUT2D eigenvalue weighted by Gasteiger charge is -2.32. The van der Waals surface area contributed by atoms with Crippen molar-refractivity contribution in [2.75, 3.05) is 17.1 Å². The van der Waals surface area contributed by atoms with Gasteiger partial charge in [0, 0.05) is 42.0 Å². The second-order valence-corrected chi connectivity index (χ2v) is 12.8. The summed E-state index contributed by atoms with van der Waals surface area (Å²) in [6.45, 7) is 3.58. The maximum absolute atomic E-state index is 14.5. The molecule has 0 heterocycles. The van der Waals surface area contributed by atoms with Gasteiger partial charge in [-0.1, -0.05) is 71.7 Å². The molecule has 0 spiro atoms. The molecule has 0 aliphatic heterocycles. The van der Waals surface area contributed by atoms with Crippen LogP contribution in [-0.4, -0.2) is 50.0 Å². The highest BCUT2D eigenvalue weighted by atomic mass is 35.5. The fourth-order valence-corrected chi connectivity index (χ4v) is 5.84. The molecule has 3 aromatic rings. The van der Waals surface area contributed by atoms with E-state index in [1.54, 1.807) is 24.3 Å². The standard InChI is InChI=1S/C30H34Cl2FN3O4S/c1-21(2)34-30(38)28(18-22-10-5-4-6-11-22)35(20-23-15-16-24(31)19-25(23)32)29(37)14-9-17-36(41(3,39)40)27-13-8-7-12-26(27)33/h4-8,10-13,15-16,19,21,28H,9,14,17-18,20H2,1-3H3,(H,34,38). The zero-order valence-electron chi connectivity index (χ0n) is 23.2. The molecule has 0 saturated heterocycles. The van der Waals surface area contributed by atoms with Gasteiger partial charge in [0.1, 0.15) is 11.9 Å². The third-order valence-corrected chi connectivity index (χ3v) is 8.10. The molecule has 11 heteroatoms. The average Bonchev–Trinajstić information content (AvgIpc) is 2.89. The topological polar surface area (TPSA) is 86.8 Å². The number of amides is 2. The van der Waals surface area contributed by atoms with E-state index in [2.05, 4.69) is 5.32 Å². The summed E-state index contributed by atoms with van der Waals surface area (Å²) in [4.78, 5) is 28.8. The Hall–Kier alpha value is -3.14. The Bertz CT molecular complexity index is 1460. The van der Waals surface area contributed by atoms with Crippen LogP contribution >= 0.6 is 23.2 Å². The number of halogens is 3. The maximum atomic E-state index is 14.5. The molecule has 0 aliphatic rings. The molecule has 1 atom stereocenters. The zero-order valence-corrected chi connectivity index (χ0v) is 25.5. The summed E-state index contributed by atoms with van der Waals surface area (Å²) >= 11 is 12.5. The van der Waals surface area contributed by atoms with Crippen LogP contribution in [0.15, 0.2) is 72.8 Å². The quantitative estimate of drug-likeness (QED) is 0.260. The molecule has 41 heavy (non-hydrogen) atoms. The van der Waals surface area contributed by atoms with Gasteiger partial charge in [0.15, 0.2) is 0 Å². The van der Waals surface area contributed by atoms with Gasteiger partial charge < -0.3 is 10.2 Å². The summed E-state index contributed by atoms with van der Waals surface area (Å²) in [5.41, 5.74) is 1.37. The van der Waals surface area contributed by atoms with Crippen molar-refractivity contribution >= 4 is 50.7 Å². The van der Waals surface area contributed by atoms with Crippen LogP contribution in [-0.2, 0) is 32.6 Å². The highest BCUT2D eigenvalue weighted by molar-refractivity contribution is 7.92. The lowest BCUT2D eigenvalue weighted by atomic mass is 10.0. The summed E-state index contributed by atoms with van der Waals surface area (Å²) in [5, 5.41) is 3.70. The number of para-hydroxylation sites is 1. The van der Waals surface area contributed by atoms with Crippen LogP contribution in [0.5, 0.6) is 0 Å². The molecule has 0 saturated carbocycles. The summed E-state index contributed by atoms with van der Waals surface area (Å²) in [5.74, 6) is -1.39. The third-order valence-electron chi connectivity index (χ3n) is 6.33. The molecule has 1 N–H and O–H groups in total. The fraction of sp³-hybridized carbons (Fsp3) is 0.333. The van der Waals surface area contributed by atoms with Crippen LogP contribution in [0.4, 0.5) is 10.1 Å². The van der Waals surface area contributed by atoms with Crippen molar-refractivity contribution in [1.29, 1.82) is 0 Å². The van der Waals surface area contributed by atoms with E-state index in [1.165, 1.54) is 23.1 Å². The second kappa shape index (κ2) is 14.7. The van der Waals surface area contributed by atoms with Crippen LogP contribution in [0.1, 0.15) is 37.8 Å². The Morgan fingerprint density at radius 3 is 2.24 bits per heavy atom. The van der Waals surface area contributed by atoms with Gasteiger partial charge in [-0.15, -0.1) is 0 Å². The first-order chi connectivity index (χ1) is 19.4. The van der Waals surface area contributed by atoms with E-state index in [0.717, 1.165) is 16.1 Å². The number of sulfonamides is 1. The number of benzene rings is 3. The van der Waals surface area contributed by atoms with Crippen LogP contribution < -0.4 is 9.62 Å². The number of anilines is 1. The van der Waals surface area contributed by atoms with Gasteiger partial charge in [0.05, 0.1) is 11.9 Å². The summed E-state index contributed by atoms with van der Waals surface area (Å²) in [6.07, 6.45) is 1.24. The minimum atomic E-state index is -3.83. The molecule has 2 amide bonds. The SMILES string of the molecule is CC(C)NC(=O)C(Cc1ccccc1)N(Cc1ccc(Cl)cc1Cl)C(=O)CCCN(c1ccccc1F)S(C)(=O)=O. The molecule has 3 rings (SSSR count). The highest BCUT2D eigenvalue weighted by Gasteiger charge is 2.31. The van der Waals surface area contributed by atoms with Crippen LogP contribution in [0.25, 0.3) is 0 Å². The largest absolute Gasteiger partial charge is 0.352 e. The van der Waals surface area contributed by atoms with Crippen LogP contribution in [0, 0.1) is 5.82 Å². The number of hydrogen-bond donors (Lipinski definition) is 1. The molecule has 0 fully saturated rings. The lowest BCUT2D eigenvalue weighted by molar-refractivity contribution is -0.141. The van der Waals surface area contributed by atoms with Gasteiger partial charge in [-0.25, -0.2) is 12.8 Å². The molecule has 0 aromatic heterocycles. The van der Waals surface area contributed by atoms with Crippen molar-refractivity contribution < 1.29 is 22.4 Å². The predicted molar refractivity (Wildman–Crippen MR) is 162 cm³/mol. The first kappa shape index (κ1) is 32.4. The van der Waals surface area contributed by atoms with Crippen molar-refractivity contribution in [3.05, 3.63) is 99.8 Å². The monoisotopic (exact) mass is 621 g/mol. The number of nitrogens with one attached hydrogen (secondary N) is 1. The van der Waals surface area contributed by atoms with Gasteiger partial charge in [-0.3, -0.25) is 13.9 Å². The zero-order chi connectivity index (χ0) is 30.2. The molecule has 1 unspecified atom stereocenters. The molecular weight excluding hydrogens is 588 g/mol. The summed E-state index contributed by atoms with van der Waals surface area (Å²) in [6, 6.07) is 18.8. The Labute approximate surface area is 251 Å². The first-order valence-electron chi connectivity index (χ1n) is 13.2. The molecule has 220 valence electrons. The Morgan fingerprint density at radius 1 is 0.976 bits per heavy atom. The molecular formula is C30H34Cl2FN3O4S. The number of nitrogens with zero attached hydrogens (tertiary/aromatic N) is 2. The summed E-state index contributed by atoms with van der Waals surface area (Å²) < 4.78 is 40.4. The third kappa shape index (κ3) is 9.45. The predicted octanol–water partition coefficient (Wildman–Crippen LogP) is 5.84. The molecule has 0 radical (unpaired) electrons. The highest BCUT2D eigenvalue weighted by Crippen LogP contribution is 2.26. The van der Waals surface area contributed by atoms with Crippen molar-refractivity contribution in [3.63, 3.8) is 0 Å². The van der Waals surface area contributed by atoms with Gasteiger partial charge in [0.2, 0.25) is 21.8 Å². The average molecular weight is 623 g/mol. The molecule has 7 nitrogen and oxygen atoms in total. The minimum Gasteiger partial charge on any atom is -0.352 e. The Kier molecular flexibility index (Phi) is 11.6. The van der Waals surface area contributed by atoms with Crippen molar-refractivity contribution in [2.45, 2.75) is 51.7 Å². The fourth-order valence-electron chi connectivity index (χ4n) is 4.40. The number of carbonyl (C=O) groups is 2. The van der Waals surface area contributed by atoms with Gasteiger partial charge in [-0.2, -0.15) is 0 Å². The first-order valence-corrected chi connectivity index (χ1v) is 15.8. The maximum Gasteiger partial charge on any atom is 0.243 e. The normalized spacial score (nSPS) is 12.2. The van der Waals surface area contributed by atoms with Crippen LogP contribution in [0.2, 0.25) is 10.0 Å². The van der Waals surface area contributed by atoms with E-state index in [1.807, 2.05) is 44.2 Å². The van der Waals surface area contributed by atoms with E-state index in [0.29, 0.717) is 15.6 Å². The van der Waals surface area contributed by atoms with Gasteiger partial charge in [0.25, 0.3) is 0 Å². The Morgan fingerprint density at radius 2 is 1.63 bits per heavy atom. The lowest BCUT2D eigenvalue weighted by Crippen LogP contribution is -2.51. The second-order valence-electron chi connectivity index (χ2n) is 10.0. The van der Waals surface area contributed by atoms with E-state index >= 15 is 0 Å². The van der Waals surface area contributed by atoms with Crippen molar-refractivity contribution in [2.24, 2.45) is 0 Å². The molecule has 0 bridgehead atoms. The number of carbonyl (C=O) groups excluding carboxylic acids is 2.